The Morgan fingerprint density at radius 1 is 1.17 bits per heavy atom. The Balaban J connectivity index is 2.12. The van der Waals surface area contributed by atoms with Crippen molar-refractivity contribution in [1.82, 2.24) is 0 Å². The zero-order valence-corrected chi connectivity index (χ0v) is 14.3. The highest BCUT2D eigenvalue weighted by molar-refractivity contribution is 6.42. The van der Waals surface area contributed by atoms with Gasteiger partial charge in [0.05, 0.1) is 17.9 Å². The van der Waals surface area contributed by atoms with Crippen LogP contribution in [0.5, 0.6) is 0 Å². The monoisotopic (exact) mass is 361 g/mol. The third-order valence-electron chi connectivity index (χ3n) is 3.53. The summed E-state index contributed by atoms with van der Waals surface area (Å²) in [5, 5.41) is 0.994. The molecule has 0 unspecified atom stereocenters. The summed E-state index contributed by atoms with van der Waals surface area (Å²) in [7, 11) is 0. The summed E-state index contributed by atoms with van der Waals surface area (Å²) in [6.07, 6.45) is 0.973. The first kappa shape index (κ1) is 16.6. The second-order valence-corrected chi connectivity index (χ2v) is 5.99. The fourth-order valence-electron chi connectivity index (χ4n) is 2.53. The van der Waals surface area contributed by atoms with Crippen LogP contribution < -0.4 is 4.90 Å². The molecule has 2 amide bonds. The smallest absolute Gasteiger partial charge is 0.421 e. The van der Waals surface area contributed by atoms with Gasteiger partial charge in [-0.2, -0.15) is 0 Å². The number of fused-ring (bicyclic) bond motifs is 1. The fraction of sp³-hybridized carbons (Fsp3) is 0.111. The lowest BCUT2D eigenvalue weighted by Gasteiger charge is -2.14. The normalized spacial score (nSPS) is 14.9. The van der Waals surface area contributed by atoms with Crippen LogP contribution in [0.3, 0.4) is 0 Å². The molecule has 0 fully saturated rings. The Bertz CT molecular complexity index is 861. The van der Waals surface area contributed by atoms with Crippen LogP contribution in [-0.2, 0) is 9.53 Å². The van der Waals surface area contributed by atoms with Gasteiger partial charge < -0.3 is 4.74 Å². The molecule has 1 aliphatic heterocycles. The van der Waals surface area contributed by atoms with Gasteiger partial charge in [0.2, 0.25) is 0 Å². The number of amides is 2. The molecule has 0 aliphatic carbocycles. The third-order valence-corrected chi connectivity index (χ3v) is 4.00. The van der Waals surface area contributed by atoms with E-state index in [2.05, 4.69) is 0 Å². The number of rotatable bonds is 2. The Hall–Kier alpha value is -2.30. The van der Waals surface area contributed by atoms with Crippen molar-refractivity contribution in [3.8, 4) is 0 Å². The second-order valence-electron chi connectivity index (χ2n) is 5.11. The van der Waals surface area contributed by atoms with Crippen molar-refractivity contribution < 1.29 is 14.3 Å². The minimum absolute atomic E-state index is 0.172. The highest BCUT2D eigenvalue weighted by Gasteiger charge is 2.37. The van der Waals surface area contributed by atoms with Crippen LogP contribution in [0.25, 0.3) is 11.6 Å². The van der Waals surface area contributed by atoms with Crippen molar-refractivity contribution in [3.63, 3.8) is 0 Å². The van der Waals surface area contributed by atoms with Crippen molar-refractivity contribution in [2.75, 3.05) is 11.5 Å². The molecule has 0 bridgehead atoms. The van der Waals surface area contributed by atoms with Crippen LogP contribution in [0.15, 0.2) is 42.5 Å². The van der Waals surface area contributed by atoms with Crippen LogP contribution >= 0.6 is 23.2 Å². The molecule has 0 atom stereocenters. The molecule has 1 aliphatic rings. The number of benzene rings is 2. The van der Waals surface area contributed by atoms with Gasteiger partial charge in [0, 0.05) is 15.6 Å². The lowest BCUT2D eigenvalue weighted by Crippen LogP contribution is -2.34. The van der Waals surface area contributed by atoms with Gasteiger partial charge in [0.25, 0.3) is 5.91 Å². The lowest BCUT2D eigenvalue weighted by atomic mass is 10.0. The maximum Gasteiger partial charge on any atom is 0.421 e. The molecular weight excluding hydrogens is 349 g/mol. The van der Waals surface area contributed by atoms with Crippen LogP contribution in [0.4, 0.5) is 10.5 Å². The molecule has 3 rings (SSSR count). The lowest BCUT2D eigenvalue weighted by molar-refractivity contribution is -0.112. The number of nitrogens with zero attached hydrogens (tertiary/aromatic N) is 1. The number of anilines is 1. The van der Waals surface area contributed by atoms with E-state index in [4.69, 9.17) is 27.9 Å². The number of halogens is 2. The van der Waals surface area contributed by atoms with Gasteiger partial charge in [-0.15, -0.1) is 0 Å². The first-order chi connectivity index (χ1) is 11.5. The number of imide groups is 1. The van der Waals surface area contributed by atoms with Gasteiger partial charge in [-0.1, -0.05) is 41.4 Å². The molecule has 0 saturated heterocycles. The minimum Gasteiger partial charge on any atom is -0.449 e. The third kappa shape index (κ3) is 3.03. The molecule has 2 aromatic rings. The van der Waals surface area contributed by atoms with Crippen LogP contribution in [0.2, 0.25) is 10.0 Å². The van der Waals surface area contributed by atoms with Crippen molar-refractivity contribution in [2.45, 2.75) is 6.92 Å². The molecule has 0 saturated carbocycles. The molecule has 0 aromatic heterocycles. The zero-order valence-electron chi connectivity index (χ0n) is 12.8. The van der Waals surface area contributed by atoms with E-state index in [0.717, 1.165) is 10.5 Å². The first-order valence-electron chi connectivity index (χ1n) is 7.29. The van der Waals surface area contributed by atoms with Gasteiger partial charge in [-0.3, -0.25) is 4.79 Å². The molecule has 4 nitrogen and oxygen atoms in total. The second kappa shape index (κ2) is 6.67. The summed E-state index contributed by atoms with van der Waals surface area (Å²) >= 11 is 12.0. The average Bonchev–Trinajstić information content (AvgIpc) is 2.79. The van der Waals surface area contributed by atoms with Crippen molar-refractivity contribution in [1.29, 1.82) is 0 Å². The topological polar surface area (TPSA) is 46.6 Å². The number of hydrogen-bond acceptors (Lipinski definition) is 3. The molecule has 24 heavy (non-hydrogen) atoms. The largest absolute Gasteiger partial charge is 0.449 e. The number of carbonyl (C=O) groups is 2. The molecule has 0 N–H and O–H groups in total. The first-order valence-corrected chi connectivity index (χ1v) is 8.05. The van der Waals surface area contributed by atoms with Gasteiger partial charge in [-0.05, 0) is 42.8 Å². The minimum atomic E-state index is -0.722. The van der Waals surface area contributed by atoms with E-state index in [1.54, 1.807) is 49.4 Å². The van der Waals surface area contributed by atoms with E-state index in [-0.39, 0.29) is 6.61 Å². The maximum atomic E-state index is 12.8. The van der Waals surface area contributed by atoms with Gasteiger partial charge in [-0.25, -0.2) is 9.69 Å². The predicted molar refractivity (Wildman–Crippen MR) is 95.3 cm³/mol. The quantitative estimate of drug-likeness (QED) is 0.704. The van der Waals surface area contributed by atoms with E-state index in [9.17, 15) is 9.59 Å². The van der Waals surface area contributed by atoms with Gasteiger partial charge in [0.1, 0.15) is 0 Å². The van der Waals surface area contributed by atoms with E-state index in [1.165, 1.54) is 0 Å². The summed E-state index contributed by atoms with van der Waals surface area (Å²) in [5.74, 6) is -0.453. The van der Waals surface area contributed by atoms with Crippen LogP contribution in [0.1, 0.15) is 18.1 Å². The molecule has 0 radical (unpaired) electrons. The molecule has 122 valence electrons. The molecule has 2 aromatic carbocycles. The summed E-state index contributed by atoms with van der Waals surface area (Å²) < 4.78 is 4.99. The zero-order chi connectivity index (χ0) is 17.3. The summed E-state index contributed by atoms with van der Waals surface area (Å²) in [4.78, 5) is 25.9. The number of ether oxygens (including phenoxy) is 1. The Kier molecular flexibility index (Phi) is 4.60. The number of hydrogen-bond donors (Lipinski definition) is 0. The highest BCUT2D eigenvalue weighted by atomic mass is 35.5. The Labute approximate surface area is 149 Å². The molecule has 0 spiro atoms. The SMILES string of the molecule is CCOC(=O)N1C(=O)C(=Cc2cccc(Cl)c2)c2ccc(Cl)cc21. The predicted octanol–water partition coefficient (Wildman–Crippen LogP) is 5.04. The standard InChI is InChI=1S/C18H13Cl2NO3/c1-2-24-18(23)21-16-10-13(20)6-7-14(16)15(17(21)22)9-11-4-3-5-12(19)8-11/h3-10H,2H2,1H3. The Morgan fingerprint density at radius 2 is 1.92 bits per heavy atom. The van der Waals surface area contributed by atoms with Crippen LogP contribution in [0, 0.1) is 0 Å². The average molecular weight is 362 g/mol. The van der Waals surface area contributed by atoms with Gasteiger partial charge in [0.15, 0.2) is 0 Å². The highest BCUT2D eigenvalue weighted by Crippen LogP contribution is 2.39. The van der Waals surface area contributed by atoms with Crippen molar-refractivity contribution in [2.24, 2.45) is 0 Å². The maximum absolute atomic E-state index is 12.8. The molecule has 1 heterocycles. The van der Waals surface area contributed by atoms with E-state index >= 15 is 0 Å². The van der Waals surface area contributed by atoms with Crippen molar-refractivity contribution >= 4 is 52.5 Å². The van der Waals surface area contributed by atoms with Gasteiger partial charge >= 0.3 is 6.09 Å². The van der Waals surface area contributed by atoms with E-state index in [1.807, 2.05) is 6.07 Å². The number of carbonyl (C=O) groups excluding carboxylic acids is 2. The molecule has 6 heteroatoms. The van der Waals surface area contributed by atoms with Crippen LogP contribution in [-0.4, -0.2) is 18.6 Å². The molecular formula is C18H13Cl2NO3. The summed E-state index contributed by atoms with van der Waals surface area (Å²) in [6, 6.07) is 12.1. The Morgan fingerprint density at radius 3 is 2.62 bits per heavy atom. The summed E-state index contributed by atoms with van der Waals surface area (Å²) in [5.41, 5.74) is 2.19. The van der Waals surface area contributed by atoms with E-state index in [0.29, 0.717) is 26.9 Å². The van der Waals surface area contributed by atoms with E-state index < -0.39 is 12.0 Å². The van der Waals surface area contributed by atoms with Crippen molar-refractivity contribution in [3.05, 3.63) is 63.6 Å². The fourth-order valence-corrected chi connectivity index (χ4v) is 2.90. The summed E-state index contributed by atoms with van der Waals surface area (Å²) in [6.45, 7) is 1.85.